The zero-order valence-electron chi connectivity index (χ0n) is 20.9. The molecule has 0 aliphatic carbocycles. The molecule has 0 fully saturated rings. The number of hydrogen-bond donors (Lipinski definition) is 0. The average molecular weight is 516 g/mol. The number of thiophene rings is 1. The SMILES string of the molecule is c1ccc(-c2nc(-c3ccc4ccccc4c3)nc(-c3cccc4ccc5sc6ccccc6c5c34)n2)cc1. The summed E-state index contributed by atoms with van der Waals surface area (Å²) in [4.78, 5) is 15.1. The van der Waals surface area contributed by atoms with E-state index >= 15 is 0 Å². The van der Waals surface area contributed by atoms with Gasteiger partial charge in [-0.3, -0.25) is 0 Å². The first-order chi connectivity index (χ1) is 19.3. The van der Waals surface area contributed by atoms with E-state index < -0.39 is 0 Å². The lowest BCUT2D eigenvalue weighted by atomic mass is 9.98. The molecule has 39 heavy (non-hydrogen) atoms. The molecule has 0 unspecified atom stereocenters. The third-order valence-corrected chi connectivity index (χ3v) is 8.44. The van der Waals surface area contributed by atoms with Crippen LogP contribution in [0.25, 0.3) is 75.9 Å². The molecule has 4 heteroatoms. The number of benzene rings is 6. The number of hydrogen-bond acceptors (Lipinski definition) is 4. The molecular weight excluding hydrogens is 494 g/mol. The summed E-state index contributed by atoms with van der Waals surface area (Å²) in [6.45, 7) is 0. The van der Waals surface area contributed by atoms with Crippen molar-refractivity contribution in [3.05, 3.63) is 127 Å². The van der Waals surface area contributed by atoms with Crippen molar-refractivity contribution in [2.24, 2.45) is 0 Å². The number of aromatic nitrogens is 3. The largest absolute Gasteiger partial charge is 0.208 e. The predicted octanol–water partition coefficient (Wildman–Crippen LogP) is 9.55. The minimum atomic E-state index is 0.670. The molecule has 2 aromatic heterocycles. The van der Waals surface area contributed by atoms with E-state index in [1.54, 1.807) is 0 Å². The van der Waals surface area contributed by atoms with Crippen molar-refractivity contribution in [3.8, 4) is 34.2 Å². The van der Waals surface area contributed by atoms with Crippen LogP contribution < -0.4 is 0 Å². The lowest BCUT2D eigenvalue weighted by molar-refractivity contribution is 1.08. The minimum Gasteiger partial charge on any atom is -0.208 e. The molecular formula is C35H21N3S. The van der Waals surface area contributed by atoms with Gasteiger partial charge in [0.15, 0.2) is 17.5 Å². The molecule has 0 saturated heterocycles. The summed E-state index contributed by atoms with van der Waals surface area (Å²) in [5.74, 6) is 2.02. The summed E-state index contributed by atoms with van der Waals surface area (Å²) >= 11 is 1.83. The third-order valence-electron chi connectivity index (χ3n) is 7.30. The van der Waals surface area contributed by atoms with Crippen LogP contribution in [0.3, 0.4) is 0 Å². The Morgan fingerprint density at radius 1 is 0.410 bits per heavy atom. The first kappa shape index (κ1) is 22.1. The molecule has 0 amide bonds. The number of nitrogens with zero attached hydrogens (tertiary/aromatic N) is 3. The lowest BCUT2D eigenvalue weighted by Gasteiger charge is -2.11. The van der Waals surface area contributed by atoms with Crippen LogP contribution in [0.4, 0.5) is 0 Å². The Kier molecular flexibility index (Phi) is 5.00. The zero-order chi connectivity index (χ0) is 25.8. The van der Waals surface area contributed by atoms with E-state index in [9.17, 15) is 0 Å². The molecule has 2 heterocycles. The van der Waals surface area contributed by atoms with Crippen molar-refractivity contribution in [3.63, 3.8) is 0 Å². The average Bonchev–Trinajstić information content (AvgIpc) is 3.40. The van der Waals surface area contributed by atoms with E-state index in [1.807, 2.05) is 29.5 Å². The van der Waals surface area contributed by atoms with Gasteiger partial charge in [0.1, 0.15) is 0 Å². The molecule has 8 rings (SSSR count). The maximum Gasteiger partial charge on any atom is 0.164 e. The van der Waals surface area contributed by atoms with Gasteiger partial charge < -0.3 is 0 Å². The summed E-state index contributed by atoms with van der Waals surface area (Å²) in [6.07, 6.45) is 0. The van der Waals surface area contributed by atoms with E-state index in [-0.39, 0.29) is 0 Å². The van der Waals surface area contributed by atoms with Gasteiger partial charge in [-0.1, -0.05) is 109 Å². The Bertz CT molecular complexity index is 2180. The van der Waals surface area contributed by atoms with Crippen LogP contribution in [-0.2, 0) is 0 Å². The lowest BCUT2D eigenvalue weighted by Crippen LogP contribution is -2.00. The van der Waals surface area contributed by atoms with E-state index in [0.717, 1.165) is 22.1 Å². The van der Waals surface area contributed by atoms with Crippen LogP contribution in [0.5, 0.6) is 0 Å². The quantitative estimate of drug-likeness (QED) is 0.235. The second kappa shape index (κ2) is 8.83. The fourth-order valence-corrected chi connectivity index (χ4v) is 6.56. The first-order valence-corrected chi connectivity index (χ1v) is 13.8. The molecule has 0 radical (unpaired) electrons. The monoisotopic (exact) mass is 515 g/mol. The molecule has 0 atom stereocenters. The van der Waals surface area contributed by atoms with Crippen LogP contribution in [-0.4, -0.2) is 15.0 Å². The summed E-state index contributed by atoms with van der Waals surface area (Å²) < 4.78 is 2.55. The van der Waals surface area contributed by atoms with E-state index in [2.05, 4.69) is 109 Å². The van der Waals surface area contributed by atoms with Gasteiger partial charge in [-0.15, -0.1) is 11.3 Å². The van der Waals surface area contributed by atoms with E-state index in [4.69, 9.17) is 15.0 Å². The van der Waals surface area contributed by atoms with Gasteiger partial charge in [0.25, 0.3) is 0 Å². The van der Waals surface area contributed by atoms with Crippen molar-refractivity contribution in [1.29, 1.82) is 0 Å². The standard InChI is InChI=1S/C35H21N3S/c1-2-10-24(11-3-1)33-36-34(26-18-17-22-9-4-5-12-25(22)21-26)38-35(37-33)28-15-8-13-23-19-20-30-32(31(23)28)27-14-6-7-16-29(27)39-30/h1-21H. The Labute approximate surface area is 229 Å². The van der Waals surface area contributed by atoms with Gasteiger partial charge in [0.05, 0.1) is 0 Å². The van der Waals surface area contributed by atoms with Crippen molar-refractivity contribution >= 4 is 53.1 Å². The van der Waals surface area contributed by atoms with Gasteiger partial charge in [0.2, 0.25) is 0 Å². The smallest absolute Gasteiger partial charge is 0.164 e. The minimum absolute atomic E-state index is 0.670. The fourth-order valence-electron chi connectivity index (χ4n) is 5.45. The molecule has 0 aliphatic heterocycles. The highest BCUT2D eigenvalue weighted by molar-refractivity contribution is 7.26. The fraction of sp³-hybridized carbons (Fsp3) is 0. The Hall–Kier alpha value is -4.93. The highest BCUT2D eigenvalue weighted by Gasteiger charge is 2.17. The van der Waals surface area contributed by atoms with Crippen molar-refractivity contribution < 1.29 is 0 Å². The van der Waals surface area contributed by atoms with Gasteiger partial charge in [-0.2, -0.15) is 0 Å². The molecule has 6 aromatic carbocycles. The zero-order valence-corrected chi connectivity index (χ0v) is 21.7. The highest BCUT2D eigenvalue weighted by atomic mass is 32.1. The molecule has 0 bridgehead atoms. The highest BCUT2D eigenvalue weighted by Crippen LogP contribution is 2.42. The van der Waals surface area contributed by atoms with Crippen molar-refractivity contribution in [1.82, 2.24) is 15.0 Å². The number of fused-ring (bicyclic) bond motifs is 6. The number of rotatable bonds is 3. The van der Waals surface area contributed by atoms with E-state index in [1.165, 1.54) is 36.3 Å². The molecule has 0 saturated carbocycles. The maximum atomic E-state index is 5.11. The summed E-state index contributed by atoms with van der Waals surface area (Å²) in [5.41, 5.74) is 2.96. The van der Waals surface area contributed by atoms with Crippen LogP contribution in [0.2, 0.25) is 0 Å². The Morgan fingerprint density at radius 3 is 2.00 bits per heavy atom. The predicted molar refractivity (Wildman–Crippen MR) is 164 cm³/mol. The molecule has 182 valence electrons. The van der Waals surface area contributed by atoms with Crippen LogP contribution in [0.1, 0.15) is 0 Å². The third kappa shape index (κ3) is 3.69. The van der Waals surface area contributed by atoms with Crippen LogP contribution in [0.15, 0.2) is 127 Å². The van der Waals surface area contributed by atoms with Crippen molar-refractivity contribution in [2.75, 3.05) is 0 Å². The van der Waals surface area contributed by atoms with Crippen LogP contribution >= 0.6 is 11.3 Å². The normalized spacial score (nSPS) is 11.6. The van der Waals surface area contributed by atoms with Gasteiger partial charge in [-0.05, 0) is 34.4 Å². The van der Waals surface area contributed by atoms with Gasteiger partial charge in [-0.25, -0.2) is 15.0 Å². The summed E-state index contributed by atoms with van der Waals surface area (Å²) in [6, 6.07) is 44.4. The second-order valence-corrected chi connectivity index (χ2v) is 10.8. The van der Waals surface area contributed by atoms with E-state index in [0.29, 0.717) is 17.5 Å². The summed E-state index contributed by atoms with van der Waals surface area (Å²) in [5, 5.41) is 7.24. The maximum absolute atomic E-state index is 5.11. The topological polar surface area (TPSA) is 38.7 Å². The Balaban J connectivity index is 1.44. The molecule has 8 aromatic rings. The molecule has 0 spiro atoms. The van der Waals surface area contributed by atoms with Crippen molar-refractivity contribution in [2.45, 2.75) is 0 Å². The van der Waals surface area contributed by atoms with Gasteiger partial charge >= 0.3 is 0 Å². The molecule has 3 nitrogen and oxygen atoms in total. The molecule has 0 N–H and O–H groups in total. The summed E-state index contributed by atoms with van der Waals surface area (Å²) in [7, 11) is 0. The van der Waals surface area contributed by atoms with Gasteiger partial charge in [0, 0.05) is 42.2 Å². The molecule has 0 aliphatic rings. The first-order valence-electron chi connectivity index (χ1n) is 13.0. The second-order valence-electron chi connectivity index (χ2n) is 9.67. The van der Waals surface area contributed by atoms with Crippen LogP contribution in [0, 0.1) is 0 Å². The Morgan fingerprint density at radius 2 is 1.10 bits per heavy atom.